The third-order valence-corrected chi connectivity index (χ3v) is 2.00. The second-order valence-electron chi connectivity index (χ2n) is 3.21. The Bertz CT molecular complexity index is 164. The fourth-order valence-electron chi connectivity index (χ4n) is 0.988. The molecule has 0 spiro atoms. The number of hydrogen-bond acceptors (Lipinski definition) is 5. The van der Waals surface area contributed by atoms with Crippen LogP contribution in [-0.2, 0) is 14.3 Å². The van der Waals surface area contributed by atoms with E-state index >= 15 is 0 Å². The summed E-state index contributed by atoms with van der Waals surface area (Å²) in [6.45, 7) is 2.29. The quantitative estimate of drug-likeness (QED) is 0.564. The van der Waals surface area contributed by atoms with Crippen LogP contribution >= 0.6 is 0 Å². The SMILES string of the molecule is COCCN(C)CCC(N)C(=O)OC. The molecule has 0 rings (SSSR count). The highest BCUT2D eigenvalue weighted by atomic mass is 16.5. The van der Waals surface area contributed by atoms with Crippen molar-refractivity contribution < 1.29 is 14.3 Å². The molecule has 0 bridgehead atoms. The monoisotopic (exact) mass is 204 g/mol. The van der Waals surface area contributed by atoms with E-state index in [-0.39, 0.29) is 5.97 Å². The number of ether oxygens (including phenoxy) is 2. The molecule has 2 N–H and O–H groups in total. The van der Waals surface area contributed by atoms with Crippen LogP contribution in [0.2, 0.25) is 0 Å². The van der Waals surface area contributed by atoms with Gasteiger partial charge in [-0.3, -0.25) is 4.79 Å². The summed E-state index contributed by atoms with van der Waals surface area (Å²) in [6, 6.07) is -0.523. The maximum absolute atomic E-state index is 10.9. The summed E-state index contributed by atoms with van der Waals surface area (Å²) < 4.78 is 9.44. The van der Waals surface area contributed by atoms with E-state index in [0.717, 1.165) is 13.1 Å². The van der Waals surface area contributed by atoms with Crippen LogP contribution in [0.5, 0.6) is 0 Å². The zero-order valence-corrected chi connectivity index (χ0v) is 9.16. The van der Waals surface area contributed by atoms with Crippen molar-refractivity contribution in [2.45, 2.75) is 12.5 Å². The van der Waals surface area contributed by atoms with Gasteiger partial charge in [0.25, 0.3) is 0 Å². The van der Waals surface area contributed by atoms with E-state index in [1.165, 1.54) is 7.11 Å². The third-order valence-electron chi connectivity index (χ3n) is 2.00. The molecule has 0 aromatic heterocycles. The Kier molecular flexibility index (Phi) is 7.37. The molecule has 0 saturated heterocycles. The van der Waals surface area contributed by atoms with Gasteiger partial charge in [-0.2, -0.15) is 0 Å². The van der Waals surface area contributed by atoms with E-state index < -0.39 is 6.04 Å². The van der Waals surface area contributed by atoms with Crippen molar-refractivity contribution in [1.82, 2.24) is 4.90 Å². The first-order valence-corrected chi connectivity index (χ1v) is 4.62. The highest BCUT2D eigenvalue weighted by Gasteiger charge is 2.13. The molecule has 0 amide bonds. The molecule has 14 heavy (non-hydrogen) atoms. The highest BCUT2D eigenvalue weighted by molar-refractivity contribution is 5.75. The topological polar surface area (TPSA) is 64.8 Å². The average molecular weight is 204 g/mol. The number of likely N-dealkylation sites (N-methyl/N-ethyl adjacent to an activating group) is 1. The molecule has 0 heterocycles. The molecule has 84 valence electrons. The van der Waals surface area contributed by atoms with Crippen molar-refractivity contribution >= 4 is 5.97 Å². The van der Waals surface area contributed by atoms with Crippen LogP contribution in [0.25, 0.3) is 0 Å². The molecule has 0 aromatic rings. The molecule has 0 aliphatic rings. The van der Waals surface area contributed by atoms with Gasteiger partial charge in [0.1, 0.15) is 6.04 Å². The molecule has 5 nitrogen and oxygen atoms in total. The average Bonchev–Trinajstić information content (AvgIpc) is 2.21. The molecule has 0 saturated carbocycles. The lowest BCUT2D eigenvalue weighted by Gasteiger charge is -2.17. The predicted octanol–water partition coefficient (Wildman–Crippen LogP) is -0.545. The Labute approximate surface area is 85.1 Å². The molecule has 0 aromatic carbocycles. The van der Waals surface area contributed by atoms with Gasteiger partial charge in [-0.15, -0.1) is 0 Å². The van der Waals surface area contributed by atoms with E-state index in [2.05, 4.69) is 9.64 Å². The van der Waals surface area contributed by atoms with Gasteiger partial charge < -0.3 is 20.1 Å². The standard InChI is InChI=1S/C9H20N2O3/c1-11(6-7-13-2)5-4-8(10)9(12)14-3/h8H,4-7,10H2,1-3H3. The van der Waals surface area contributed by atoms with Crippen molar-refractivity contribution in [2.24, 2.45) is 5.73 Å². The van der Waals surface area contributed by atoms with Gasteiger partial charge in [0.15, 0.2) is 0 Å². The van der Waals surface area contributed by atoms with Gasteiger partial charge in [-0.1, -0.05) is 0 Å². The molecule has 0 aliphatic carbocycles. The number of hydrogen-bond donors (Lipinski definition) is 1. The summed E-state index contributed by atoms with van der Waals surface area (Å²) in [7, 11) is 4.97. The van der Waals surface area contributed by atoms with E-state index in [4.69, 9.17) is 10.5 Å². The van der Waals surface area contributed by atoms with Crippen LogP contribution in [0, 0.1) is 0 Å². The summed E-state index contributed by atoms with van der Waals surface area (Å²) in [5.41, 5.74) is 5.57. The summed E-state index contributed by atoms with van der Waals surface area (Å²) >= 11 is 0. The smallest absolute Gasteiger partial charge is 0.322 e. The Hall–Kier alpha value is -0.650. The van der Waals surface area contributed by atoms with Crippen molar-refractivity contribution in [2.75, 3.05) is 41.0 Å². The van der Waals surface area contributed by atoms with Gasteiger partial charge >= 0.3 is 5.97 Å². The van der Waals surface area contributed by atoms with Gasteiger partial charge in [-0.05, 0) is 20.0 Å². The normalized spacial score (nSPS) is 12.9. The molecule has 0 aliphatic heterocycles. The zero-order chi connectivity index (χ0) is 11.0. The summed E-state index contributed by atoms with van der Waals surface area (Å²) in [4.78, 5) is 13.0. The Morgan fingerprint density at radius 3 is 2.57 bits per heavy atom. The second-order valence-corrected chi connectivity index (χ2v) is 3.21. The summed E-state index contributed by atoms with van der Waals surface area (Å²) in [5, 5.41) is 0. The van der Waals surface area contributed by atoms with Crippen molar-refractivity contribution in [1.29, 1.82) is 0 Å². The highest BCUT2D eigenvalue weighted by Crippen LogP contribution is 1.94. The second kappa shape index (κ2) is 7.73. The van der Waals surface area contributed by atoms with Gasteiger partial charge in [0, 0.05) is 13.7 Å². The van der Waals surface area contributed by atoms with Crippen LogP contribution in [0.3, 0.4) is 0 Å². The number of nitrogens with zero attached hydrogens (tertiary/aromatic N) is 1. The Morgan fingerprint density at radius 2 is 2.07 bits per heavy atom. The van der Waals surface area contributed by atoms with E-state index in [0.29, 0.717) is 13.0 Å². The van der Waals surface area contributed by atoms with Crippen LogP contribution in [0.15, 0.2) is 0 Å². The lowest BCUT2D eigenvalue weighted by molar-refractivity contribution is -0.142. The predicted molar refractivity (Wildman–Crippen MR) is 54.0 cm³/mol. The number of rotatable bonds is 7. The number of methoxy groups -OCH3 is 2. The fourth-order valence-corrected chi connectivity index (χ4v) is 0.988. The first-order chi connectivity index (χ1) is 6.61. The van der Waals surface area contributed by atoms with Crippen molar-refractivity contribution in [3.63, 3.8) is 0 Å². The number of nitrogens with two attached hydrogens (primary N) is 1. The Morgan fingerprint density at radius 1 is 1.43 bits per heavy atom. The van der Waals surface area contributed by atoms with E-state index in [9.17, 15) is 4.79 Å². The van der Waals surface area contributed by atoms with Gasteiger partial charge in [-0.25, -0.2) is 0 Å². The maximum atomic E-state index is 10.9. The van der Waals surface area contributed by atoms with Crippen LogP contribution in [-0.4, -0.2) is 57.9 Å². The third kappa shape index (κ3) is 5.90. The first-order valence-electron chi connectivity index (χ1n) is 4.62. The van der Waals surface area contributed by atoms with E-state index in [1.54, 1.807) is 7.11 Å². The summed E-state index contributed by atoms with van der Waals surface area (Å²) in [5.74, 6) is -0.356. The van der Waals surface area contributed by atoms with Crippen LogP contribution in [0.1, 0.15) is 6.42 Å². The number of carbonyl (C=O) groups is 1. The summed E-state index contributed by atoms with van der Waals surface area (Å²) in [6.07, 6.45) is 0.604. The molecule has 0 fully saturated rings. The van der Waals surface area contributed by atoms with Crippen LogP contribution in [0.4, 0.5) is 0 Å². The first kappa shape index (κ1) is 13.4. The fraction of sp³-hybridized carbons (Fsp3) is 0.889. The van der Waals surface area contributed by atoms with Crippen LogP contribution < -0.4 is 5.73 Å². The minimum Gasteiger partial charge on any atom is -0.468 e. The van der Waals surface area contributed by atoms with Gasteiger partial charge in [0.2, 0.25) is 0 Å². The van der Waals surface area contributed by atoms with Crippen molar-refractivity contribution in [3.8, 4) is 0 Å². The lowest BCUT2D eigenvalue weighted by atomic mass is 10.2. The maximum Gasteiger partial charge on any atom is 0.322 e. The number of carbonyl (C=O) groups excluding carboxylic acids is 1. The van der Waals surface area contributed by atoms with Crippen molar-refractivity contribution in [3.05, 3.63) is 0 Å². The molecule has 1 atom stereocenters. The molecular formula is C9H20N2O3. The zero-order valence-electron chi connectivity index (χ0n) is 9.16. The number of esters is 1. The lowest BCUT2D eigenvalue weighted by Crippen LogP contribution is -2.36. The minimum absolute atomic E-state index is 0.356. The Balaban J connectivity index is 3.55. The molecular weight excluding hydrogens is 184 g/mol. The minimum atomic E-state index is -0.523. The molecule has 5 heteroatoms. The largest absolute Gasteiger partial charge is 0.468 e. The van der Waals surface area contributed by atoms with Gasteiger partial charge in [0.05, 0.1) is 13.7 Å². The van der Waals surface area contributed by atoms with E-state index in [1.807, 2.05) is 7.05 Å². The molecule has 1 unspecified atom stereocenters. The molecule has 0 radical (unpaired) electrons.